The third-order valence-electron chi connectivity index (χ3n) is 2.47. The lowest BCUT2D eigenvalue weighted by Gasteiger charge is -1.95. The van der Waals surface area contributed by atoms with Crippen LogP contribution in [0.25, 0.3) is 10.9 Å². The van der Waals surface area contributed by atoms with Crippen molar-refractivity contribution in [3.05, 3.63) is 48.2 Å². The number of benzene rings is 1. The van der Waals surface area contributed by atoms with E-state index in [0.717, 1.165) is 17.3 Å². The molecule has 0 saturated heterocycles. The highest BCUT2D eigenvalue weighted by Crippen LogP contribution is 2.18. The summed E-state index contributed by atoms with van der Waals surface area (Å²) in [5.74, 6) is -0.346. The molecule has 0 bridgehead atoms. The van der Waals surface area contributed by atoms with E-state index in [2.05, 4.69) is 16.3 Å². The summed E-state index contributed by atoms with van der Waals surface area (Å²) in [6, 6.07) is 7.82. The van der Waals surface area contributed by atoms with Gasteiger partial charge < -0.3 is 9.72 Å². The highest BCUT2D eigenvalue weighted by Gasteiger charge is 2.09. The first-order valence-corrected chi connectivity index (χ1v) is 5.05. The van der Waals surface area contributed by atoms with Crippen molar-refractivity contribution < 1.29 is 9.53 Å². The number of aromatic nitrogens is 1. The summed E-state index contributed by atoms with van der Waals surface area (Å²) in [5, 5.41) is 1.01. The number of hydrogen-bond acceptors (Lipinski definition) is 2. The molecule has 1 heterocycles. The molecule has 82 valence electrons. The van der Waals surface area contributed by atoms with Gasteiger partial charge in [0.05, 0.1) is 7.11 Å². The molecule has 0 saturated carbocycles. The smallest absolute Gasteiger partial charge is 0.354 e. The topological polar surface area (TPSA) is 42.1 Å². The van der Waals surface area contributed by atoms with Gasteiger partial charge in [0.25, 0.3) is 0 Å². The number of fused-ring (bicyclic) bond motifs is 1. The molecule has 1 aromatic heterocycles. The molecule has 1 aromatic carbocycles. The molecule has 3 heteroatoms. The summed E-state index contributed by atoms with van der Waals surface area (Å²) in [4.78, 5) is 14.3. The summed E-state index contributed by atoms with van der Waals surface area (Å²) in [5.41, 5.74) is 2.60. The summed E-state index contributed by atoms with van der Waals surface area (Å²) >= 11 is 0. The maximum absolute atomic E-state index is 11.3. The number of methoxy groups -OCH3 is 1. The molecule has 16 heavy (non-hydrogen) atoms. The largest absolute Gasteiger partial charge is 0.464 e. The van der Waals surface area contributed by atoms with E-state index in [1.54, 1.807) is 6.07 Å². The number of esters is 1. The number of carbonyl (C=O) groups is 1. The van der Waals surface area contributed by atoms with E-state index in [0.29, 0.717) is 5.69 Å². The molecule has 0 fully saturated rings. The van der Waals surface area contributed by atoms with Gasteiger partial charge in [-0.25, -0.2) is 4.79 Å². The molecular weight excluding hydrogens is 202 g/mol. The van der Waals surface area contributed by atoms with Gasteiger partial charge in [-0.15, -0.1) is 6.58 Å². The molecule has 2 aromatic rings. The van der Waals surface area contributed by atoms with Crippen LogP contribution < -0.4 is 0 Å². The van der Waals surface area contributed by atoms with Crippen LogP contribution in [0.3, 0.4) is 0 Å². The first-order valence-electron chi connectivity index (χ1n) is 5.05. The quantitative estimate of drug-likeness (QED) is 0.631. The lowest BCUT2D eigenvalue weighted by atomic mass is 10.1. The van der Waals surface area contributed by atoms with Gasteiger partial charge in [-0.3, -0.25) is 0 Å². The van der Waals surface area contributed by atoms with Crippen LogP contribution in [0.1, 0.15) is 16.1 Å². The second kappa shape index (κ2) is 4.23. The third kappa shape index (κ3) is 1.84. The number of carbonyl (C=O) groups excluding carboxylic acids is 1. The van der Waals surface area contributed by atoms with Crippen molar-refractivity contribution in [3.63, 3.8) is 0 Å². The number of ether oxygens (including phenoxy) is 1. The Morgan fingerprint density at radius 2 is 2.31 bits per heavy atom. The van der Waals surface area contributed by atoms with Gasteiger partial charge in [-0.1, -0.05) is 12.1 Å². The average Bonchev–Trinajstić information content (AvgIpc) is 2.71. The first-order chi connectivity index (χ1) is 7.74. The summed E-state index contributed by atoms with van der Waals surface area (Å²) < 4.78 is 4.66. The van der Waals surface area contributed by atoms with Crippen LogP contribution in [-0.4, -0.2) is 18.1 Å². The van der Waals surface area contributed by atoms with Gasteiger partial charge in [0.1, 0.15) is 5.69 Å². The van der Waals surface area contributed by atoms with Crippen molar-refractivity contribution in [2.45, 2.75) is 6.42 Å². The van der Waals surface area contributed by atoms with Gasteiger partial charge in [-0.2, -0.15) is 0 Å². The van der Waals surface area contributed by atoms with Crippen molar-refractivity contribution >= 4 is 16.9 Å². The van der Waals surface area contributed by atoms with Crippen LogP contribution in [0.15, 0.2) is 36.9 Å². The predicted molar refractivity (Wildman–Crippen MR) is 63.5 cm³/mol. The molecule has 1 N–H and O–H groups in total. The van der Waals surface area contributed by atoms with Gasteiger partial charge in [0, 0.05) is 10.9 Å². The molecule has 0 atom stereocenters. The van der Waals surface area contributed by atoms with Crippen molar-refractivity contribution in [2.24, 2.45) is 0 Å². The number of hydrogen-bond donors (Lipinski definition) is 1. The molecule has 0 amide bonds. The zero-order valence-corrected chi connectivity index (χ0v) is 9.12. The van der Waals surface area contributed by atoms with Crippen molar-refractivity contribution in [1.82, 2.24) is 4.98 Å². The van der Waals surface area contributed by atoms with Crippen LogP contribution >= 0.6 is 0 Å². The monoisotopic (exact) mass is 215 g/mol. The Balaban J connectivity index is 2.45. The minimum atomic E-state index is -0.346. The Hall–Kier alpha value is -2.03. The van der Waals surface area contributed by atoms with Crippen LogP contribution in [-0.2, 0) is 11.2 Å². The second-order valence-corrected chi connectivity index (χ2v) is 3.59. The Labute approximate surface area is 93.7 Å². The maximum Gasteiger partial charge on any atom is 0.354 e. The molecular formula is C13H13NO2. The lowest BCUT2D eigenvalue weighted by Crippen LogP contribution is -2.00. The maximum atomic E-state index is 11.3. The van der Waals surface area contributed by atoms with Crippen LogP contribution in [0.2, 0.25) is 0 Å². The molecule has 0 unspecified atom stereocenters. The van der Waals surface area contributed by atoms with Gasteiger partial charge in [0.2, 0.25) is 0 Å². The number of rotatable bonds is 3. The third-order valence-corrected chi connectivity index (χ3v) is 2.47. The number of H-pyrrole nitrogens is 1. The molecule has 0 radical (unpaired) electrons. The van der Waals surface area contributed by atoms with Crippen LogP contribution in [0, 0.1) is 0 Å². The Kier molecular flexibility index (Phi) is 2.77. The van der Waals surface area contributed by atoms with E-state index in [-0.39, 0.29) is 5.97 Å². The lowest BCUT2D eigenvalue weighted by molar-refractivity contribution is 0.0595. The standard InChI is InChI=1S/C13H13NO2/c1-3-4-9-5-6-11-10(7-9)8-12(14-11)13(15)16-2/h3,5-8,14H,1,4H2,2H3. The van der Waals surface area contributed by atoms with Gasteiger partial charge >= 0.3 is 5.97 Å². The van der Waals surface area contributed by atoms with Crippen LogP contribution in [0.5, 0.6) is 0 Å². The molecule has 0 aliphatic carbocycles. The van der Waals surface area contributed by atoms with E-state index in [9.17, 15) is 4.79 Å². The molecule has 0 spiro atoms. The summed E-state index contributed by atoms with van der Waals surface area (Å²) in [7, 11) is 1.37. The van der Waals surface area contributed by atoms with Gasteiger partial charge in [-0.05, 0) is 30.2 Å². The van der Waals surface area contributed by atoms with Crippen molar-refractivity contribution in [2.75, 3.05) is 7.11 Å². The van der Waals surface area contributed by atoms with E-state index < -0.39 is 0 Å². The predicted octanol–water partition coefficient (Wildman–Crippen LogP) is 2.68. The Bertz CT molecular complexity index is 540. The minimum absolute atomic E-state index is 0.346. The fraction of sp³-hybridized carbons (Fsp3) is 0.154. The van der Waals surface area contributed by atoms with E-state index in [1.807, 2.05) is 24.3 Å². The van der Waals surface area contributed by atoms with Crippen LogP contribution in [0.4, 0.5) is 0 Å². The zero-order chi connectivity index (χ0) is 11.5. The summed E-state index contributed by atoms with van der Waals surface area (Å²) in [6.45, 7) is 3.70. The minimum Gasteiger partial charge on any atom is -0.464 e. The first kappa shape index (κ1) is 10.5. The fourth-order valence-corrected chi connectivity index (χ4v) is 1.70. The number of aromatic amines is 1. The Morgan fingerprint density at radius 3 is 3.00 bits per heavy atom. The average molecular weight is 215 g/mol. The normalized spacial score (nSPS) is 10.3. The highest BCUT2D eigenvalue weighted by molar-refractivity contribution is 5.94. The van der Waals surface area contributed by atoms with Gasteiger partial charge in [0.15, 0.2) is 0 Å². The fourth-order valence-electron chi connectivity index (χ4n) is 1.70. The Morgan fingerprint density at radius 1 is 1.50 bits per heavy atom. The molecule has 0 aliphatic rings. The SMILES string of the molecule is C=CCc1ccc2[nH]c(C(=O)OC)cc2c1. The van der Waals surface area contributed by atoms with E-state index in [1.165, 1.54) is 12.7 Å². The second-order valence-electron chi connectivity index (χ2n) is 3.59. The van der Waals surface area contributed by atoms with Crippen molar-refractivity contribution in [3.8, 4) is 0 Å². The number of allylic oxidation sites excluding steroid dienone is 1. The highest BCUT2D eigenvalue weighted by atomic mass is 16.5. The van der Waals surface area contributed by atoms with E-state index in [4.69, 9.17) is 0 Å². The van der Waals surface area contributed by atoms with E-state index >= 15 is 0 Å². The van der Waals surface area contributed by atoms with Crippen molar-refractivity contribution in [1.29, 1.82) is 0 Å². The zero-order valence-electron chi connectivity index (χ0n) is 9.12. The number of nitrogens with one attached hydrogen (secondary N) is 1. The molecule has 2 rings (SSSR count). The summed E-state index contributed by atoms with van der Waals surface area (Å²) in [6.07, 6.45) is 2.68. The molecule has 0 aliphatic heterocycles. The molecule has 3 nitrogen and oxygen atoms in total.